The van der Waals surface area contributed by atoms with Crippen molar-refractivity contribution < 1.29 is 9.53 Å². The summed E-state index contributed by atoms with van der Waals surface area (Å²) in [6.45, 7) is 2.55. The molecule has 0 spiro atoms. The molecule has 1 atom stereocenters. The number of methoxy groups -OCH3 is 1. The van der Waals surface area contributed by atoms with Gasteiger partial charge in [-0.05, 0) is 29.7 Å². The number of thioether (sulfide) groups is 1. The van der Waals surface area contributed by atoms with E-state index in [0.29, 0.717) is 11.7 Å². The lowest BCUT2D eigenvalue weighted by atomic mass is 9.98. The van der Waals surface area contributed by atoms with Crippen molar-refractivity contribution in [2.45, 2.75) is 31.1 Å². The number of H-pyrrole nitrogens is 1. The minimum atomic E-state index is -0.285. The molecular weight excluding hydrogens is 388 g/mol. The van der Waals surface area contributed by atoms with E-state index in [2.05, 4.69) is 15.5 Å². The van der Waals surface area contributed by atoms with Crippen LogP contribution in [0.4, 0.5) is 0 Å². The van der Waals surface area contributed by atoms with Crippen LogP contribution in [0.15, 0.2) is 64.5 Å². The molecule has 8 heteroatoms. The van der Waals surface area contributed by atoms with Crippen LogP contribution in [-0.2, 0) is 11.3 Å². The molecule has 29 heavy (non-hydrogen) atoms. The number of amides is 1. The smallest absolute Gasteiger partial charge is 0.343 e. The predicted octanol–water partition coefficient (Wildman–Crippen LogP) is 2.99. The summed E-state index contributed by atoms with van der Waals surface area (Å²) < 4.78 is 6.78. The Morgan fingerprint density at radius 1 is 1.17 bits per heavy atom. The number of hydrogen-bond acceptors (Lipinski definition) is 5. The van der Waals surface area contributed by atoms with Crippen LogP contribution in [0.3, 0.4) is 0 Å². The maximum atomic E-state index is 12.7. The molecule has 0 aliphatic carbocycles. The monoisotopic (exact) mass is 412 g/mol. The SMILES string of the molecule is CCCn1c(SCC(=O)N[C@@H](c2ccccc2)c2ccc(OC)cc2)n[nH]c1=O. The summed E-state index contributed by atoms with van der Waals surface area (Å²) >= 11 is 1.24. The largest absolute Gasteiger partial charge is 0.497 e. The zero-order valence-corrected chi connectivity index (χ0v) is 17.2. The molecule has 0 fully saturated rings. The van der Waals surface area contributed by atoms with Crippen molar-refractivity contribution in [1.82, 2.24) is 20.1 Å². The van der Waals surface area contributed by atoms with E-state index in [1.54, 1.807) is 11.7 Å². The second-order valence-corrected chi connectivity index (χ2v) is 7.38. The fraction of sp³-hybridized carbons (Fsp3) is 0.286. The van der Waals surface area contributed by atoms with Crippen LogP contribution in [0.5, 0.6) is 5.75 Å². The van der Waals surface area contributed by atoms with Crippen LogP contribution in [0.2, 0.25) is 0 Å². The van der Waals surface area contributed by atoms with Crippen molar-refractivity contribution in [3.05, 3.63) is 76.2 Å². The molecule has 0 bridgehead atoms. The highest BCUT2D eigenvalue weighted by Crippen LogP contribution is 2.24. The highest BCUT2D eigenvalue weighted by Gasteiger charge is 2.18. The zero-order valence-electron chi connectivity index (χ0n) is 16.4. The molecular formula is C21H24N4O3S. The van der Waals surface area contributed by atoms with Crippen LogP contribution < -0.4 is 15.7 Å². The first kappa shape index (κ1) is 20.7. The highest BCUT2D eigenvalue weighted by molar-refractivity contribution is 7.99. The zero-order chi connectivity index (χ0) is 20.6. The summed E-state index contributed by atoms with van der Waals surface area (Å²) in [7, 11) is 1.62. The lowest BCUT2D eigenvalue weighted by Gasteiger charge is -2.20. The van der Waals surface area contributed by atoms with Gasteiger partial charge < -0.3 is 10.1 Å². The molecule has 152 valence electrons. The Labute approximate surface area is 173 Å². The number of nitrogens with zero attached hydrogens (tertiary/aromatic N) is 2. The van der Waals surface area contributed by atoms with E-state index in [1.165, 1.54) is 11.8 Å². The number of carbonyl (C=O) groups is 1. The molecule has 0 unspecified atom stereocenters. The Kier molecular flexibility index (Phi) is 7.13. The summed E-state index contributed by atoms with van der Waals surface area (Å²) in [6.07, 6.45) is 0.812. The normalized spacial score (nSPS) is 11.8. The predicted molar refractivity (Wildman–Crippen MR) is 113 cm³/mol. The minimum Gasteiger partial charge on any atom is -0.497 e. The minimum absolute atomic E-state index is 0.141. The molecule has 1 amide bonds. The molecule has 3 aromatic rings. The number of aromatic amines is 1. The topological polar surface area (TPSA) is 89.0 Å². The second-order valence-electron chi connectivity index (χ2n) is 6.44. The van der Waals surface area contributed by atoms with Gasteiger partial charge in [0.15, 0.2) is 5.16 Å². The van der Waals surface area contributed by atoms with Gasteiger partial charge in [0.2, 0.25) is 5.91 Å². The Hall–Kier alpha value is -3.00. The fourth-order valence-corrected chi connectivity index (χ4v) is 3.75. The molecule has 3 rings (SSSR count). The third-order valence-electron chi connectivity index (χ3n) is 4.39. The molecule has 7 nitrogen and oxygen atoms in total. The van der Waals surface area contributed by atoms with Gasteiger partial charge in [0.1, 0.15) is 5.75 Å². The quantitative estimate of drug-likeness (QED) is 0.528. The van der Waals surface area contributed by atoms with Gasteiger partial charge >= 0.3 is 5.69 Å². The first-order valence-corrected chi connectivity index (χ1v) is 10.4. The first-order valence-electron chi connectivity index (χ1n) is 9.38. The number of nitrogens with one attached hydrogen (secondary N) is 2. The lowest BCUT2D eigenvalue weighted by molar-refractivity contribution is -0.119. The van der Waals surface area contributed by atoms with E-state index in [-0.39, 0.29) is 23.4 Å². The maximum Gasteiger partial charge on any atom is 0.343 e. The average molecular weight is 413 g/mol. The second kappa shape index (κ2) is 9.97. The molecule has 0 saturated heterocycles. The molecule has 0 radical (unpaired) electrons. The third-order valence-corrected chi connectivity index (χ3v) is 5.37. The van der Waals surface area contributed by atoms with Gasteiger partial charge in [0.05, 0.1) is 18.9 Å². The van der Waals surface area contributed by atoms with E-state index < -0.39 is 0 Å². The van der Waals surface area contributed by atoms with Gasteiger partial charge in [-0.1, -0.05) is 61.2 Å². The average Bonchev–Trinajstić information content (AvgIpc) is 3.11. The van der Waals surface area contributed by atoms with E-state index in [4.69, 9.17) is 4.74 Å². The number of carbonyl (C=O) groups excluding carboxylic acids is 1. The Morgan fingerprint density at radius 2 is 1.86 bits per heavy atom. The van der Waals surface area contributed by atoms with Gasteiger partial charge in [-0.2, -0.15) is 0 Å². The third kappa shape index (κ3) is 5.29. The molecule has 0 saturated carbocycles. The van der Waals surface area contributed by atoms with Crippen molar-refractivity contribution in [2.75, 3.05) is 12.9 Å². The van der Waals surface area contributed by atoms with Crippen LogP contribution in [0.1, 0.15) is 30.5 Å². The van der Waals surface area contributed by atoms with Crippen molar-refractivity contribution >= 4 is 17.7 Å². The lowest BCUT2D eigenvalue weighted by Crippen LogP contribution is -2.30. The highest BCUT2D eigenvalue weighted by atomic mass is 32.2. The number of benzene rings is 2. The van der Waals surface area contributed by atoms with Gasteiger partial charge in [-0.3, -0.25) is 9.36 Å². The van der Waals surface area contributed by atoms with Crippen LogP contribution in [0.25, 0.3) is 0 Å². The Bertz CT molecular complexity index is 983. The molecule has 0 aliphatic rings. The van der Waals surface area contributed by atoms with Crippen molar-refractivity contribution in [3.8, 4) is 5.75 Å². The summed E-state index contributed by atoms with van der Waals surface area (Å²) in [6, 6.07) is 17.1. The van der Waals surface area contributed by atoms with Crippen molar-refractivity contribution in [3.63, 3.8) is 0 Å². The molecule has 1 aromatic heterocycles. The van der Waals surface area contributed by atoms with Gasteiger partial charge in [0, 0.05) is 6.54 Å². The summed E-state index contributed by atoms with van der Waals surface area (Å²) in [5, 5.41) is 10.1. The number of rotatable bonds is 9. The number of ether oxygens (including phenoxy) is 1. The first-order chi connectivity index (χ1) is 14.1. The van der Waals surface area contributed by atoms with Crippen LogP contribution in [0, 0.1) is 0 Å². The summed E-state index contributed by atoms with van der Waals surface area (Å²) in [5.41, 5.74) is 1.69. The van der Waals surface area contributed by atoms with Crippen molar-refractivity contribution in [2.24, 2.45) is 0 Å². The van der Waals surface area contributed by atoms with Crippen molar-refractivity contribution in [1.29, 1.82) is 0 Å². The molecule has 0 aliphatic heterocycles. The molecule has 2 N–H and O–H groups in total. The summed E-state index contributed by atoms with van der Waals surface area (Å²) in [5.74, 6) is 0.779. The molecule has 1 heterocycles. The van der Waals surface area contributed by atoms with Gasteiger partial charge in [0.25, 0.3) is 0 Å². The molecule has 2 aromatic carbocycles. The van der Waals surface area contributed by atoms with E-state index in [0.717, 1.165) is 23.3 Å². The van der Waals surface area contributed by atoms with Crippen LogP contribution >= 0.6 is 11.8 Å². The Balaban J connectivity index is 1.73. The van der Waals surface area contributed by atoms with E-state index in [9.17, 15) is 9.59 Å². The maximum absolute atomic E-state index is 12.7. The van der Waals surface area contributed by atoms with Gasteiger partial charge in [-0.15, -0.1) is 5.10 Å². The summed E-state index contributed by atoms with van der Waals surface area (Å²) in [4.78, 5) is 24.5. The number of hydrogen-bond donors (Lipinski definition) is 2. The van der Waals surface area contributed by atoms with Crippen LogP contribution in [-0.4, -0.2) is 33.5 Å². The van der Waals surface area contributed by atoms with Gasteiger partial charge in [-0.25, -0.2) is 9.89 Å². The number of aromatic nitrogens is 3. The Morgan fingerprint density at radius 3 is 2.52 bits per heavy atom. The fourth-order valence-electron chi connectivity index (χ4n) is 2.97. The standard InChI is InChI=1S/C21H24N4O3S/c1-3-13-25-20(27)23-24-21(25)29-14-18(26)22-19(15-7-5-4-6-8-15)16-9-11-17(28-2)12-10-16/h4-12,19H,3,13-14H2,1-2H3,(H,22,26)(H,23,27)/t19-/m0/s1. The van der Waals surface area contributed by atoms with E-state index >= 15 is 0 Å². The van der Waals surface area contributed by atoms with E-state index in [1.807, 2.05) is 61.5 Å².